The molecule has 2 saturated heterocycles. The molecule has 1 aromatic carbocycles. The SMILES string of the molecule is Cc1cc(=O)oc2cc(O[C@@H]3O[C@H](C(=O)O)[C@@H](O[C@H]4O[C@H](CO)[C@@H](O)[C@H](O)[C@H]4NOS(=O)O)[C@H](O)[C@H]3O)ccc12. The lowest BCUT2D eigenvalue weighted by Gasteiger charge is -2.46. The second-order valence-electron chi connectivity index (χ2n) is 9.02. The summed E-state index contributed by atoms with van der Waals surface area (Å²) in [6.07, 6.45) is -16.5. The predicted octanol–water partition coefficient (Wildman–Crippen LogP) is -3.14. The van der Waals surface area contributed by atoms with Gasteiger partial charge in [-0.2, -0.15) is 14.0 Å². The van der Waals surface area contributed by atoms with Crippen LogP contribution in [-0.4, -0.2) is 113 Å². The first-order valence-electron chi connectivity index (χ1n) is 11.7. The van der Waals surface area contributed by atoms with Crippen molar-refractivity contribution in [1.82, 2.24) is 5.48 Å². The molecule has 0 radical (unpaired) electrons. The molecular formula is C22H27NO16S. The van der Waals surface area contributed by atoms with E-state index in [0.29, 0.717) is 10.9 Å². The number of nitrogens with one attached hydrogen (secondary N) is 1. The summed E-state index contributed by atoms with van der Waals surface area (Å²) < 4.78 is 51.1. The molecule has 2 aromatic rings. The fourth-order valence-electron chi connectivity index (χ4n) is 4.37. The molecule has 17 nitrogen and oxygen atoms in total. The van der Waals surface area contributed by atoms with Crippen molar-refractivity contribution in [3.05, 3.63) is 40.2 Å². The van der Waals surface area contributed by atoms with Crippen molar-refractivity contribution >= 4 is 28.3 Å². The third kappa shape index (κ3) is 6.33. The molecule has 8 N–H and O–H groups in total. The first kappa shape index (κ1) is 30.4. The van der Waals surface area contributed by atoms with E-state index in [1.165, 1.54) is 18.2 Å². The number of aliphatic hydroxyl groups excluding tert-OH is 5. The van der Waals surface area contributed by atoms with Gasteiger partial charge in [-0.25, -0.2) is 9.59 Å². The molecule has 18 heteroatoms. The number of fused-ring (bicyclic) bond motifs is 1. The molecular weight excluding hydrogens is 566 g/mol. The normalized spacial score (nSPS) is 35.4. The summed E-state index contributed by atoms with van der Waals surface area (Å²) in [5.41, 5.74) is 2.09. The molecule has 1 aromatic heterocycles. The van der Waals surface area contributed by atoms with Gasteiger partial charge in [0.25, 0.3) is 0 Å². The highest BCUT2D eigenvalue weighted by Crippen LogP contribution is 2.31. The van der Waals surface area contributed by atoms with Crippen LogP contribution in [0.2, 0.25) is 0 Å². The monoisotopic (exact) mass is 593 g/mol. The Balaban J connectivity index is 1.56. The molecule has 0 spiro atoms. The number of hydrogen-bond acceptors (Lipinski definition) is 15. The quantitative estimate of drug-likeness (QED) is 0.0811. The average molecular weight is 594 g/mol. The molecule has 1 unspecified atom stereocenters. The number of carboxylic acids is 1. The van der Waals surface area contributed by atoms with Crippen LogP contribution in [0.4, 0.5) is 0 Å². The van der Waals surface area contributed by atoms with E-state index < -0.39 is 90.9 Å². The minimum absolute atomic E-state index is 0.00191. The van der Waals surface area contributed by atoms with Crippen LogP contribution in [0.5, 0.6) is 5.75 Å². The third-order valence-corrected chi connectivity index (χ3v) is 6.63. The Kier molecular flexibility index (Phi) is 9.50. The molecule has 3 heterocycles. The summed E-state index contributed by atoms with van der Waals surface area (Å²) in [5, 5.41) is 61.9. The van der Waals surface area contributed by atoms with Gasteiger partial charge in [0.1, 0.15) is 54.0 Å². The Morgan fingerprint density at radius 3 is 2.42 bits per heavy atom. The van der Waals surface area contributed by atoms with Crippen molar-refractivity contribution in [2.24, 2.45) is 0 Å². The third-order valence-electron chi connectivity index (χ3n) is 6.39. The minimum Gasteiger partial charge on any atom is -0.479 e. The molecule has 40 heavy (non-hydrogen) atoms. The number of aryl methyl sites for hydroxylation is 1. The van der Waals surface area contributed by atoms with Gasteiger partial charge in [0.05, 0.1) is 6.61 Å². The summed E-state index contributed by atoms with van der Waals surface area (Å²) in [6.45, 7) is 0.864. The number of rotatable bonds is 9. The predicted molar refractivity (Wildman–Crippen MR) is 128 cm³/mol. The number of aliphatic carboxylic acids is 1. The zero-order valence-electron chi connectivity index (χ0n) is 20.5. The standard InChI is InChI=1S/C22H27NO16S/c1-7-4-12(25)35-10-5-8(2-3-9(7)10)34-22-17(29)16(28)18(19(38-22)20(30)31)37-21-13(23-39-40(32)33)15(27)14(26)11(6-24)36-21/h2-5,11,13-19,21-24,26-29H,6H2,1H3,(H,30,31)(H,32,33)/t11-,13-,14-,15-,16-,17-,18+,19+,21-,22-/m1/s1. The number of carbonyl (C=O) groups is 1. The van der Waals surface area contributed by atoms with E-state index in [1.807, 2.05) is 5.48 Å². The highest BCUT2D eigenvalue weighted by molar-refractivity contribution is 7.74. The van der Waals surface area contributed by atoms with Crippen molar-refractivity contribution in [2.45, 2.75) is 68.3 Å². The topological polar surface area (TPSA) is 264 Å². The van der Waals surface area contributed by atoms with Crippen LogP contribution in [0.1, 0.15) is 5.56 Å². The Bertz CT molecular complexity index is 1290. The van der Waals surface area contributed by atoms with E-state index in [1.54, 1.807) is 13.0 Å². The van der Waals surface area contributed by atoms with Crippen molar-refractivity contribution in [1.29, 1.82) is 0 Å². The van der Waals surface area contributed by atoms with Crippen LogP contribution in [0.3, 0.4) is 0 Å². The lowest BCUT2D eigenvalue weighted by atomic mass is 9.96. The summed E-state index contributed by atoms with van der Waals surface area (Å²) in [7, 11) is 0. The van der Waals surface area contributed by atoms with Gasteiger partial charge in [-0.3, -0.25) is 4.55 Å². The van der Waals surface area contributed by atoms with Crippen molar-refractivity contribution in [2.75, 3.05) is 6.61 Å². The average Bonchev–Trinajstić information content (AvgIpc) is 2.89. The Hall–Kier alpha value is -2.59. The van der Waals surface area contributed by atoms with Gasteiger partial charge in [0, 0.05) is 17.5 Å². The summed E-state index contributed by atoms with van der Waals surface area (Å²) in [5.74, 6) is -1.67. The van der Waals surface area contributed by atoms with Crippen molar-refractivity contribution < 1.29 is 71.8 Å². The summed E-state index contributed by atoms with van der Waals surface area (Å²) >= 11 is -2.90. The van der Waals surface area contributed by atoms with Gasteiger partial charge in [-0.15, -0.1) is 0 Å². The highest BCUT2D eigenvalue weighted by Gasteiger charge is 2.53. The maximum absolute atomic E-state index is 12.1. The van der Waals surface area contributed by atoms with E-state index in [-0.39, 0.29) is 11.3 Å². The van der Waals surface area contributed by atoms with Crippen LogP contribution < -0.4 is 15.8 Å². The number of carboxylic acid groups (broad SMARTS) is 1. The van der Waals surface area contributed by atoms with E-state index in [4.69, 9.17) is 27.9 Å². The smallest absolute Gasteiger partial charge is 0.336 e. The van der Waals surface area contributed by atoms with Gasteiger partial charge in [0.2, 0.25) is 6.29 Å². The van der Waals surface area contributed by atoms with E-state index in [0.717, 1.165) is 0 Å². The summed E-state index contributed by atoms with van der Waals surface area (Å²) in [4.78, 5) is 23.8. The lowest BCUT2D eigenvalue weighted by Crippen LogP contribution is -2.67. The second-order valence-corrected chi connectivity index (χ2v) is 9.62. The molecule has 0 saturated carbocycles. The molecule has 2 aliphatic heterocycles. The fourth-order valence-corrected chi connectivity index (χ4v) is 4.57. The van der Waals surface area contributed by atoms with Crippen molar-refractivity contribution in [3.63, 3.8) is 0 Å². The number of benzene rings is 1. The summed E-state index contributed by atoms with van der Waals surface area (Å²) in [6, 6.07) is 3.94. The minimum atomic E-state index is -2.90. The Labute approximate surface area is 226 Å². The maximum Gasteiger partial charge on any atom is 0.336 e. The number of hydrogen-bond donors (Lipinski definition) is 8. The van der Waals surface area contributed by atoms with Crippen molar-refractivity contribution in [3.8, 4) is 5.75 Å². The zero-order valence-corrected chi connectivity index (χ0v) is 21.3. The molecule has 0 amide bonds. The highest BCUT2D eigenvalue weighted by atomic mass is 32.2. The van der Waals surface area contributed by atoms with Crippen LogP contribution in [0.25, 0.3) is 11.0 Å². The van der Waals surface area contributed by atoms with Gasteiger partial charge in [-0.1, -0.05) is 0 Å². The molecule has 222 valence electrons. The first-order valence-corrected chi connectivity index (χ1v) is 12.7. The van der Waals surface area contributed by atoms with Gasteiger partial charge in [0.15, 0.2) is 12.4 Å². The fraction of sp³-hybridized carbons (Fsp3) is 0.545. The van der Waals surface area contributed by atoms with Gasteiger partial charge >= 0.3 is 23.0 Å². The van der Waals surface area contributed by atoms with Crippen LogP contribution in [0.15, 0.2) is 33.5 Å². The number of aliphatic hydroxyl groups is 5. The van der Waals surface area contributed by atoms with E-state index in [9.17, 15) is 44.4 Å². The molecule has 0 bridgehead atoms. The second kappa shape index (κ2) is 12.5. The van der Waals surface area contributed by atoms with Crippen LogP contribution >= 0.6 is 0 Å². The van der Waals surface area contributed by atoms with E-state index >= 15 is 0 Å². The molecule has 0 aliphatic carbocycles. The Morgan fingerprint density at radius 2 is 1.77 bits per heavy atom. The Morgan fingerprint density at radius 1 is 1.05 bits per heavy atom. The van der Waals surface area contributed by atoms with Gasteiger partial charge < -0.3 is 54.0 Å². The van der Waals surface area contributed by atoms with Gasteiger partial charge in [-0.05, 0) is 24.6 Å². The number of hydroxylamine groups is 1. The van der Waals surface area contributed by atoms with Crippen LogP contribution in [-0.2, 0) is 34.7 Å². The molecule has 2 fully saturated rings. The first-order chi connectivity index (χ1) is 18.9. The van der Waals surface area contributed by atoms with E-state index in [2.05, 4.69) is 4.28 Å². The molecule has 11 atom stereocenters. The molecule has 4 rings (SSSR count). The lowest BCUT2D eigenvalue weighted by molar-refractivity contribution is -0.336. The van der Waals surface area contributed by atoms with Crippen LogP contribution in [0, 0.1) is 6.92 Å². The zero-order chi connectivity index (χ0) is 29.3. The maximum atomic E-state index is 12.1. The largest absolute Gasteiger partial charge is 0.479 e. The number of ether oxygens (including phenoxy) is 4. The molecule has 2 aliphatic rings.